The molecule has 0 spiro atoms. The second-order valence-electron chi connectivity index (χ2n) is 5.01. The molecular formula is C15H29N3. The van der Waals surface area contributed by atoms with Crippen LogP contribution in [0.25, 0.3) is 0 Å². The molecule has 3 heteroatoms. The van der Waals surface area contributed by atoms with Gasteiger partial charge in [-0.1, -0.05) is 27.2 Å². The summed E-state index contributed by atoms with van der Waals surface area (Å²) in [6.45, 7) is 11.0. The lowest BCUT2D eigenvalue weighted by molar-refractivity contribution is 0.469. The van der Waals surface area contributed by atoms with Crippen LogP contribution < -0.4 is 5.32 Å². The topological polar surface area (TPSA) is 29.9 Å². The fourth-order valence-corrected chi connectivity index (χ4v) is 2.33. The van der Waals surface area contributed by atoms with Crippen molar-refractivity contribution in [3.63, 3.8) is 0 Å². The molecule has 1 aromatic rings. The second-order valence-corrected chi connectivity index (χ2v) is 5.01. The highest BCUT2D eigenvalue weighted by Gasteiger charge is 2.05. The van der Waals surface area contributed by atoms with Gasteiger partial charge in [0.15, 0.2) is 0 Å². The number of unbranched alkanes of at least 4 members (excludes halogenated alkanes) is 1. The number of hydrogen-bond donors (Lipinski definition) is 1. The largest absolute Gasteiger partial charge is 0.315 e. The Morgan fingerprint density at radius 2 is 2.00 bits per heavy atom. The van der Waals surface area contributed by atoms with Gasteiger partial charge in [-0.25, -0.2) is 0 Å². The average molecular weight is 251 g/mol. The molecule has 0 aliphatic heterocycles. The molecular weight excluding hydrogens is 222 g/mol. The SMILES string of the molecule is CCNC(C)CCCCn1nc(CC)cc1CC. The lowest BCUT2D eigenvalue weighted by atomic mass is 10.1. The summed E-state index contributed by atoms with van der Waals surface area (Å²) in [5, 5.41) is 8.11. The normalized spacial score (nSPS) is 12.9. The minimum atomic E-state index is 0.643. The highest BCUT2D eigenvalue weighted by Crippen LogP contribution is 2.09. The lowest BCUT2D eigenvalue weighted by Gasteiger charge is -2.12. The summed E-state index contributed by atoms with van der Waals surface area (Å²) in [4.78, 5) is 0. The summed E-state index contributed by atoms with van der Waals surface area (Å²) in [5.41, 5.74) is 2.61. The van der Waals surface area contributed by atoms with Crippen LogP contribution in [0.5, 0.6) is 0 Å². The average Bonchev–Trinajstić information content (AvgIpc) is 2.77. The number of nitrogens with zero attached hydrogens (tertiary/aromatic N) is 2. The lowest BCUT2D eigenvalue weighted by Crippen LogP contribution is -2.25. The van der Waals surface area contributed by atoms with E-state index in [1.54, 1.807) is 0 Å². The third kappa shape index (κ3) is 4.81. The van der Waals surface area contributed by atoms with Gasteiger partial charge in [0.1, 0.15) is 0 Å². The number of hydrogen-bond acceptors (Lipinski definition) is 2. The Morgan fingerprint density at radius 3 is 2.61 bits per heavy atom. The molecule has 0 saturated heterocycles. The Hall–Kier alpha value is -0.830. The van der Waals surface area contributed by atoms with Gasteiger partial charge < -0.3 is 5.32 Å². The van der Waals surface area contributed by atoms with E-state index < -0.39 is 0 Å². The molecule has 1 heterocycles. The molecule has 3 nitrogen and oxygen atoms in total. The van der Waals surface area contributed by atoms with Gasteiger partial charge in [-0.15, -0.1) is 0 Å². The monoisotopic (exact) mass is 251 g/mol. The van der Waals surface area contributed by atoms with Gasteiger partial charge in [0.05, 0.1) is 5.69 Å². The van der Waals surface area contributed by atoms with E-state index in [2.05, 4.69) is 48.9 Å². The predicted octanol–water partition coefficient (Wildman–Crippen LogP) is 3.18. The van der Waals surface area contributed by atoms with E-state index >= 15 is 0 Å². The van der Waals surface area contributed by atoms with Crippen LogP contribution in [0.3, 0.4) is 0 Å². The molecule has 0 fully saturated rings. The van der Waals surface area contributed by atoms with Crippen molar-refractivity contribution in [2.75, 3.05) is 6.54 Å². The molecule has 0 aliphatic carbocycles. The number of rotatable bonds is 9. The van der Waals surface area contributed by atoms with Crippen LogP contribution in [0.15, 0.2) is 6.07 Å². The van der Waals surface area contributed by atoms with Gasteiger partial charge in [-0.2, -0.15) is 5.10 Å². The molecule has 1 atom stereocenters. The van der Waals surface area contributed by atoms with E-state index in [0.717, 1.165) is 25.9 Å². The molecule has 1 unspecified atom stereocenters. The minimum absolute atomic E-state index is 0.643. The Kier molecular flexibility index (Phi) is 7.02. The molecule has 0 radical (unpaired) electrons. The van der Waals surface area contributed by atoms with E-state index in [0.29, 0.717) is 6.04 Å². The van der Waals surface area contributed by atoms with Crippen molar-refractivity contribution in [3.8, 4) is 0 Å². The molecule has 0 aromatic carbocycles. The second kappa shape index (κ2) is 8.30. The smallest absolute Gasteiger partial charge is 0.0624 e. The third-order valence-corrected chi connectivity index (χ3v) is 3.45. The first-order valence-electron chi connectivity index (χ1n) is 7.50. The first-order chi connectivity index (χ1) is 8.71. The van der Waals surface area contributed by atoms with Crippen LogP contribution >= 0.6 is 0 Å². The van der Waals surface area contributed by atoms with Crippen molar-refractivity contribution in [3.05, 3.63) is 17.5 Å². The summed E-state index contributed by atoms with van der Waals surface area (Å²) in [6, 6.07) is 2.89. The molecule has 104 valence electrons. The number of nitrogens with one attached hydrogen (secondary N) is 1. The fourth-order valence-electron chi connectivity index (χ4n) is 2.33. The van der Waals surface area contributed by atoms with E-state index in [1.807, 2.05) is 0 Å². The minimum Gasteiger partial charge on any atom is -0.315 e. The highest BCUT2D eigenvalue weighted by molar-refractivity contribution is 5.10. The van der Waals surface area contributed by atoms with E-state index in [4.69, 9.17) is 0 Å². The van der Waals surface area contributed by atoms with Crippen molar-refractivity contribution < 1.29 is 0 Å². The highest BCUT2D eigenvalue weighted by atomic mass is 15.3. The Morgan fingerprint density at radius 1 is 1.22 bits per heavy atom. The van der Waals surface area contributed by atoms with Crippen molar-refractivity contribution >= 4 is 0 Å². The standard InChI is InChI=1S/C15H29N3/c1-5-14-12-15(6-2)18(17-14)11-9-8-10-13(4)16-7-3/h12-13,16H,5-11H2,1-4H3. The van der Waals surface area contributed by atoms with Gasteiger partial charge in [-0.05, 0) is 45.2 Å². The summed E-state index contributed by atoms with van der Waals surface area (Å²) < 4.78 is 2.21. The first kappa shape index (κ1) is 15.2. The van der Waals surface area contributed by atoms with Gasteiger partial charge in [-0.3, -0.25) is 4.68 Å². The van der Waals surface area contributed by atoms with Crippen LogP contribution in [0, 0.1) is 0 Å². The van der Waals surface area contributed by atoms with Gasteiger partial charge >= 0.3 is 0 Å². The van der Waals surface area contributed by atoms with E-state index in [1.165, 1.54) is 30.7 Å². The van der Waals surface area contributed by atoms with Crippen LogP contribution in [0.2, 0.25) is 0 Å². The number of aromatic nitrogens is 2. The zero-order chi connectivity index (χ0) is 13.4. The fraction of sp³-hybridized carbons (Fsp3) is 0.800. The summed E-state index contributed by atoms with van der Waals surface area (Å²) in [6.07, 6.45) is 5.89. The first-order valence-corrected chi connectivity index (χ1v) is 7.50. The molecule has 1 rings (SSSR count). The molecule has 0 bridgehead atoms. The maximum absolute atomic E-state index is 4.65. The number of aryl methyl sites for hydroxylation is 3. The molecule has 0 aliphatic rings. The zero-order valence-electron chi connectivity index (χ0n) is 12.5. The van der Waals surface area contributed by atoms with Gasteiger partial charge in [0.25, 0.3) is 0 Å². The Balaban J connectivity index is 2.32. The Bertz CT molecular complexity index is 330. The van der Waals surface area contributed by atoms with Crippen LogP contribution in [-0.2, 0) is 19.4 Å². The zero-order valence-corrected chi connectivity index (χ0v) is 12.5. The molecule has 18 heavy (non-hydrogen) atoms. The van der Waals surface area contributed by atoms with Crippen molar-refractivity contribution in [2.24, 2.45) is 0 Å². The molecule has 0 amide bonds. The third-order valence-electron chi connectivity index (χ3n) is 3.45. The predicted molar refractivity (Wildman–Crippen MR) is 78.0 cm³/mol. The summed E-state index contributed by atoms with van der Waals surface area (Å²) >= 11 is 0. The van der Waals surface area contributed by atoms with E-state index in [-0.39, 0.29) is 0 Å². The molecule has 1 aromatic heterocycles. The molecule has 0 saturated carbocycles. The van der Waals surface area contributed by atoms with Crippen molar-refractivity contribution in [1.29, 1.82) is 0 Å². The van der Waals surface area contributed by atoms with Crippen LogP contribution in [0.1, 0.15) is 58.3 Å². The quantitative estimate of drug-likeness (QED) is 0.683. The van der Waals surface area contributed by atoms with Crippen molar-refractivity contribution in [1.82, 2.24) is 15.1 Å². The maximum atomic E-state index is 4.65. The van der Waals surface area contributed by atoms with E-state index in [9.17, 15) is 0 Å². The molecule has 1 N–H and O–H groups in total. The Labute approximate surface area is 112 Å². The van der Waals surface area contributed by atoms with Crippen molar-refractivity contribution in [2.45, 2.75) is 72.4 Å². The van der Waals surface area contributed by atoms with Crippen LogP contribution in [-0.4, -0.2) is 22.4 Å². The maximum Gasteiger partial charge on any atom is 0.0624 e. The van der Waals surface area contributed by atoms with Gasteiger partial charge in [0, 0.05) is 18.3 Å². The summed E-state index contributed by atoms with van der Waals surface area (Å²) in [5.74, 6) is 0. The van der Waals surface area contributed by atoms with Crippen LogP contribution in [0.4, 0.5) is 0 Å². The van der Waals surface area contributed by atoms with Gasteiger partial charge in [0.2, 0.25) is 0 Å². The summed E-state index contributed by atoms with van der Waals surface area (Å²) in [7, 11) is 0.